The van der Waals surface area contributed by atoms with E-state index < -0.39 is 11.3 Å². The topological polar surface area (TPSA) is 40.9 Å². The van der Waals surface area contributed by atoms with Crippen LogP contribution in [0.3, 0.4) is 0 Å². The summed E-state index contributed by atoms with van der Waals surface area (Å²) in [4.78, 5) is 11.8. The molecule has 2 nitrogen and oxygen atoms in total. The summed E-state index contributed by atoms with van der Waals surface area (Å²) in [5, 5.41) is 8.92. The van der Waals surface area contributed by atoms with Crippen LogP contribution in [0.5, 0.6) is 0 Å². The summed E-state index contributed by atoms with van der Waals surface area (Å²) in [7, 11) is 0. The lowest BCUT2D eigenvalue weighted by atomic mass is 9.72. The van der Waals surface area contributed by atoms with E-state index in [-0.39, 0.29) is 11.2 Å². The smallest absolute Gasteiger partial charge is 0.155 e. The summed E-state index contributed by atoms with van der Waals surface area (Å²) in [6, 6.07) is 2.10. The van der Waals surface area contributed by atoms with Crippen molar-refractivity contribution in [1.82, 2.24) is 0 Å². The molecule has 1 atom stereocenters. The van der Waals surface area contributed by atoms with E-state index in [0.29, 0.717) is 0 Å². The molecule has 74 valence electrons. The fourth-order valence-electron chi connectivity index (χ4n) is 1.08. The third kappa shape index (κ3) is 3.18. The molecule has 0 fully saturated rings. The fourth-order valence-corrected chi connectivity index (χ4v) is 1.08. The van der Waals surface area contributed by atoms with Crippen molar-refractivity contribution in [2.75, 3.05) is 0 Å². The standard InChI is InChI=1S/C11H19NO/c1-10(2,3)8(7-12)9(13)11(4,5)6/h8H,1-6H3. The van der Waals surface area contributed by atoms with Crippen molar-refractivity contribution < 1.29 is 4.79 Å². The second kappa shape index (κ2) is 3.49. The quantitative estimate of drug-likeness (QED) is 0.624. The number of carbonyl (C=O) groups excluding carboxylic acids is 1. The van der Waals surface area contributed by atoms with Crippen LogP contribution in [-0.4, -0.2) is 5.78 Å². The molecule has 0 aromatic carbocycles. The summed E-state index contributed by atoms with van der Waals surface area (Å²) in [6.45, 7) is 11.3. The van der Waals surface area contributed by atoms with Crippen molar-refractivity contribution in [3.8, 4) is 6.07 Å². The highest BCUT2D eigenvalue weighted by molar-refractivity contribution is 5.88. The predicted molar refractivity (Wildman–Crippen MR) is 53.0 cm³/mol. The Bertz CT molecular complexity index is 234. The van der Waals surface area contributed by atoms with Gasteiger partial charge in [0.1, 0.15) is 5.92 Å². The molecule has 0 saturated heterocycles. The minimum Gasteiger partial charge on any atom is -0.298 e. The Morgan fingerprint density at radius 1 is 1.15 bits per heavy atom. The molecule has 2 heteroatoms. The summed E-state index contributed by atoms with van der Waals surface area (Å²) in [5.74, 6) is -0.477. The van der Waals surface area contributed by atoms with Gasteiger partial charge in [-0.15, -0.1) is 0 Å². The number of nitrogens with zero attached hydrogens (tertiary/aromatic N) is 1. The molecule has 1 unspecified atom stereocenters. The highest BCUT2D eigenvalue weighted by atomic mass is 16.1. The van der Waals surface area contributed by atoms with E-state index >= 15 is 0 Å². The summed E-state index contributed by atoms with van der Waals surface area (Å²) < 4.78 is 0. The monoisotopic (exact) mass is 181 g/mol. The molecule has 0 rings (SSSR count). The summed E-state index contributed by atoms with van der Waals surface area (Å²) in [6.07, 6.45) is 0. The van der Waals surface area contributed by atoms with Crippen LogP contribution in [0.15, 0.2) is 0 Å². The largest absolute Gasteiger partial charge is 0.298 e. The summed E-state index contributed by atoms with van der Waals surface area (Å²) in [5.41, 5.74) is -0.688. The zero-order valence-corrected chi connectivity index (χ0v) is 9.43. The third-order valence-electron chi connectivity index (χ3n) is 2.00. The van der Waals surface area contributed by atoms with E-state index in [1.165, 1.54) is 0 Å². The molecule has 13 heavy (non-hydrogen) atoms. The van der Waals surface area contributed by atoms with Gasteiger partial charge in [0.25, 0.3) is 0 Å². The first-order valence-electron chi connectivity index (χ1n) is 4.54. The van der Waals surface area contributed by atoms with Gasteiger partial charge in [0.2, 0.25) is 0 Å². The molecule has 0 radical (unpaired) electrons. The van der Waals surface area contributed by atoms with Crippen molar-refractivity contribution in [2.45, 2.75) is 41.5 Å². The van der Waals surface area contributed by atoms with Crippen LogP contribution in [0.25, 0.3) is 0 Å². The molecule has 0 aliphatic rings. The maximum atomic E-state index is 11.8. The average molecular weight is 181 g/mol. The number of carbonyl (C=O) groups is 1. The maximum absolute atomic E-state index is 11.8. The molecule has 0 N–H and O–H groups in total. The zero-order chi connectivity index (χ0) is 10.9. The van der Waals surface area contributed by atoms with Gasteiger partial charge in [0.15, 0.2) is 5.78 Å². The number of nitriles is 1. The van der Waals surface area contributed by atoms with Crippen LogP contribution in [-0.2, 0) is 4.79 Å². The Labute approximate surface area is 80.9 Å². The van der Waals surface area contributed by atoms with Crippen LogP contribution in [0.4, 0.5) is 0 Å². The molecule has 0 saturated carbocycles. The molecule has 0 amide bonds. The Morgan fingerprint density at radius 2 is 1.54 bits per heavy atom. The first-order valence-corrected chi connectivity index (χ1v) is 4.54. The SMILES string of the molecule is CC(C)(C)C(=O)C(C#N)C(C)(C)C. The van der Waals surface area contributed by atoms with Gasteiger partial charge in [-0.2, -0.15) is 5.26 Å². The van der Waals surface area contributed by atoms with Crippen LogP contribution in [0, 0.1) is 28.1 Å². The lowest BCUT2D eigenvalue weighted by Gasteiger charge is -2.29. The van der Waals surface area contributed by atoms with Gasteiger partial charge in [-0.25, -0.2) is 0 Å². The van der Waals surface area contributed by atoms with Gasteiger partial charge >= 0.3 is 0 Å². The molecule has 0 aromatic rings. The van der Waals surface area contributed by atoms with E-state index in [1.54, 1.807) is 0 Å². The Balaban J connectivity index is 4.86. The van der Waals surface area contributed by atoms with Crippen molar-refractivity contribution in [3.05, 3.63) is 0 Å². The van der Waals surface area contributed by atoms with Gasteiger partial charge in [-0.3, -0.25) is 4.79 Å². The van der Waals surface area contributed by atoms with E-state index in [2.05, 4.69) is 6.07 Å². The molecule has 0 heterocycles. The van der Waals surface area contributed by atoms with Crippen molar-refractivity contribution in [2.24, 2.45) is 16.7 Å². The van der Waals surface area contributed by atoms with Gasteiger partial charge < -0.3 is 0 Å². The Hall–Kier alpha value is -0.840. The first-order chi connectivity index (χ1) is 5.60. The van der Waals surface area contributed by atoms with Gasteiger partial charge in [-0.1, -0.05) is 41.5 Å². The molecule has 0 bridgehead atoms. The summed E-state index contributed by atoms with van der Waals surface area (Å²) >= 11 is 0. The van der Waals surface area contributed by atoms with Gasteiger partial charge in [0.05, 0.1) is 6.07 Å². The second-order valence-electron chi connectivity index (χ2n) is 5.54. The van der Waals surface area contributed by atoms with Crippen LogP contribution in [0.1, 0.15) is 41.5 Å². The average Bonchev–Trinajstić information content (AvgIpc) is 1.83. The number of Topliss-reactive ketones (excluding diaryl/α,β-unsaturated/α-hetero) is 1. The van der Waals surface area contributed by atoms with E-state index in [9.17, 15) is 4.79 Å². The second-order valence-corrected chi connectivity index (χ2v) is 5.54. The molecule has 0 spiro atoms. The molecule has 0 aromatic heterocycles. The highest BCUT2D eigenvalue weighted by Gasteiger charge is 2.37. The molecular formula is C11H19NO. The molecule has 0 aliphatic carbocycles. The Kier molecular flexibility index (Phi) is 3.27. The van der Waals surface area contributed by atoms with Crippen molar-refractivity contribution in [3.63, 3.8) is 0 Å². The number of rotatable bonds is 1. The van der Waals surface area contributed by atoms with E-state index in [1.807, 2.05) is 41.5 Å². The minimum atomic E-state index is -0.507. The third-order valence-corrected chi connectivity index (χ3v) is 2.00. The number of ketones is 1. The van der Waals surface area contributed by atoms with E-state index in [0.717, 1.165) is 0 Å². The normalized spacial score (nSPS) is 14.8. The zero-order valence-electron chi connectivity index (χ0n) is 9.43. The minimum absolute atomic E-state index is 0.0301. The van der Waals surface area contributed by atoms with Crippen LogP contribution in [0.2, 0.25) is 0 Å². The van der Waals surface area contributed by atoms with Crippen LogP contribution < -0.4 is 0 Å². The first kappa shape index (κ1) is 12.2. The van der Waals surface area contributed by atoms with Gasteiger partial charge in [-0.05, 0) is 5.41 Å². The Morgan fingerprint density at radius 3 is 1.62 bits per heavy atom. The van der Waals surface area contributed by atoms with Gasteiger partial charge in [0, 0.05) is 5.41 Å². The maximum Gasteiger partial charge on any atom is 0.155 e. The number of hydrogen-bond acceptors (Lipinski definition) is 2. The lowest BCUT2D eigenvalue weighted by molar-refractivity contribution is -0.131. The van der Waals surface area contributed by atoms with E-state index in [4.69, 9.17) is 5.26 Å². The van der Waals surface area contributed by atoms with Crippen LogP contribution >= 0.6 is 0 Å². The molecular weight excluding hydrogens is 162 g/mol. The van der Waals surface area contributed by atoms with Crippen molar-refractivity contribution in [1.29, 1.82) is 5.26 Å². The molecule has 0 aliphatic heterocycles. The number of hydrogen-bond donors (Lipinski definition) is 0. The lowest BCUT2D eigenvalue weighted by Crippen LogP contribution is -2.35. The predicted octanol–water partition coefficient (Wildman–Crippen LogP) is 2.79. The van der Waals surface area contributed by atoms with Crippen molar-refractivity contribution >= 4 is 5.78 Å². The fraction of sp³-hybridized carbons (Fsp3) is 0.818. The highest BCUT2D eigenvalue weighted by Crippen LogP contribution is 2.32.